The van der Waals surface area contributed by atoms with E-state index in [2.05, 4.69) is 10.2 Å². The number of benzene rings is 1. The van der Waals surface area contributed by atoms with Crippen LogP contribution in [0.15, 0.2) is 33.6 Å². The third kappa shape index (κ3) is 3.31. The number of thioether (sulfide) groups is 1. The van der Waals surface area contributed by atoms with E-state index in [1.165, 1.54) is 0 Å². The third-order valence-corrected chi connectivity index (χ3v) is 3.29. The Balaban J connectivity index is 1.95. The number of rotatable bonds is 4. The molecule has 0 radical (unpaired) electrons. The molecular formula is C12H14N2O2S. The summed E-state index contributed by atoms with van der Waals surface area (Å²) < 4.78 is 5.28. The quantitative estimate of drug-likeness (QED) is 0.845. The van der Waals surface area contributed by atoms with E-state index in [0.717, 1.165) is 10.5 Å². The SMILES string of the molecule is Cc1nnc(CSc2ccc(C(C)O)cc2)o1. The molecule has 0 saturated heterocycles. The first kappa shape index (κ1) is 12.1. The summed E-state index contributed by atoms with van der Waals surface area (Å²) in [5, 5.41) is 17.1. The zero-order chi connectivity index (χ0) is 12.3. The first-order valence-electron chi connectivity index (χ1n) is 5.35. The van der Waals surface area contributed by atoms with Crippen LogP contribution in [0, 0.1) is 6.92 Å². The molecule has 4 nitrogen and oxygen atoms in total. The van der Waals surface area contributed by atoms with Gasteiger partial charge in [0.2, 0.25) is 11.8 Å². The fourth-order valence-corrected chi connectivity index (χ4v) is 2.12. The van der Waals surface area contributed by atoms with E-state index < -0.39 is 6.10 Å². The van der Waals surface area contributed by atoms with Gasteiger partial charge in [0.15, 0.2) is 0 Å². The second kappa shape index (κ2) is 5.33. The number of aliphatic hydroxyl groups excluding tert-OH is 1. The lowest BCUT2D eigenvalue weighted by atomic mass is 10.1. The van der Waals surface area contributed by atoms with Crippen molar-refractivity contribution in [2.75, 3.05) is 0 Å². The second-order valence-electron chi connectivity index (χ2n) is 3.75. The van der Waals surface area contributed by atoms with Crippen molar-refractivity contribution in [3.63, 3.8) is 0 Å². The molecule has 1 heterocycles. The molecule has 17 heavy (non-hydrogen) atoms. The summed E-state index contributed by atoms with van der Waals surface area (Å²) in [6.07, 6.45) is -0.423. The van der Waals surface area contributed by atoms with Gasteiger partial charge in [-0.2, -0.15) is 0 Å². The van der Waals surface area contributed by atoms with Crippen LogP contribution in [-0.2, 0) is 5.75 Å². The lowest BCUT2D eigenvalue weighted by Gasteiger charge is -2.05. The normalized spacial score (nSPS) is 12.6. The Morgan fingerprint density at radius 2 is 2.00 bits per heavy atom. The van der Waals surface area contributed by atoms with E-state index in [1.54, 1.807) is 25.6 Å². The van der Waals surface area contributed by atoms with Crippen LogP contribution >= 0.6 is 11.8 Å². The third-order valence-electron chi connectivity index (χ3n) is 2.29. The van der Waals surface area contributed by atoms with Crippen molar-refractivity contribution in [2.24, 2.45) is 0 Å². The summed E-state index contributed by atoms with van der Waals surface area (Å²) in [5.74, 6) is 1.88. The topological polar surface area (TPSA) is 59.2 Å². The Bertz CT molecular complexity index is 480. The summed E-state index contributed by atoms with van der Waals surface area (Å²) in [6.45, 7) is 3.53. The van der Waals surface area contributed by atoms with Crippen LogP contribution in [0.2, 0.25) is 0 Å². The van der Waals surface area contributed by atoms with Crippen LogP contribution < -0.4 is 0 Å². The summed E-state index contributed by atoms with van der Waals surface area (Å²) in [5.41, 5.74) is 0.919. The summed E-state index contributed by atoms with van der Waals surface area (Å²) >= 11 is 1.63. The molecular weight excluding hydrogens is 236 g/mol. The van der Waals surface area contributed by atoms with E-state index >= 15 is 0 Å². The minimum absolute atomic E-state index is 0.423. The van der Waals surface area contributed by atoms with E-state index in [0.29, 0.717) is 17.5 Å². The predicted octanol–water partition coefficient (Wildman–Crippen LogP) is 2.72. The Morgan fingerprint density at radius 3 is 2.53 bits per heavy atom. The van der Waals surface area contributed by atoms with Gasteiger partial charge in [-0.1, -0.05) is 12.1 Å². The molecule has 2 aromatic rings. The molecule has 0 amide bonds. The van der Waals surface area contributed by atoms with Gasteiger partial charge in [0.1, 0.15) is 0 Å². The molecule has 0 aliphatic heterocycles. The van der Waals surface area contributed by atoms with Crippen molar-refractivity contribution in [2.45, 2.75) is 30.6 Å². The molecule has 0 aliphatic rings. The summed E-state index contributed by atoms with van der Waals surface area (Å²) in [7, 11) is 0. The molecule has 5 heteroatoms. The van der Waals surface area contributed by atoms with Crippen LogP contribution in [0.4, 0.5) is 0 Å². The maximum Gasteiger partial charge on any atom is 0.226 e. The monoisotopic (exact) mass is 250 g/mol. The standard InChI is InChI=1S/C12H14N2O2S/c1-8(15)10-3-5-11(6-4-10)17-7-12-14-13-9(2)16-12/h3-6,8,15H,7H2,1-2H3. The molecule has 0 bridgehead atoms. The van der Waals surface area contributed by atoms with Crippen LogP contribution in [-0.4, -0.2) is 15.3 Å². The minimum Gasteiger partial charge on any atom is -0.425 e. The Hall–Kier alpha value is -1.33. The first-order valence-corrected chi connectivity index (χ1v) is 6.33. The Kier molecular flexibility index (Phi) is 3.81. The summed E-state index contributed by atoms with van der Waals surface area (Å²) in [6, 6.07) is 7.81. The van der Waals surface area contributed by atoms with Crippen LogP contribution in [0.5, 0.6) is 0 Å². The highest BCUT2D eigenvalue weighted by Gasteiger charge is 2.04. The average molecular weight is 250 g/mol. The van der Waals surface area contributed by atoms with Gasteiger partial charge in [0.05, 0.1) is 11.9 Å². The molecule has 0 spiro atoms. The Labute approximate surface area is 104 Å². The number of aromatic nitrogens is 2. The average Bonchev–Trinajstić information content (AvgIpc) is 2.73. The zero-order valence-corrected chi connectivity index (χ0v) is 10.6. The molecule has 1 N–H and O–H groups in total. The molecule has 2 rings (SSSR count). The lowest BCUT2D eigenvalue weighted by Crippen LogP contribution is -1.89. The van der Waals surface area contributed by atoms with Crippen molar-refractivity contribution < 1.29 is 9.52 Å². The molecule has 0 saturated carbocycles. The highest BCUT2D eigenvalue weighted by Crippen LogP contribution is 2.23. The van der Waals surface area contributed by atoms with Gasteiger partial charge in [-0.3, -0.25) is 0 Å². The van der Waals surface area contributed by atoms with Crippen LogP contribution in [0.3, 0.4) is 0 Å². The number of aliphatic hydroxyl groups is 1. The molecule has 1 unspecified atom stereocenters. The van der Waals surface area contributed by atoms with Gasteiger partial charge in [-0.25, -0.2) is 0 Å². The van der Waals surface area contributed by atoms with Crippen molar-refractivity contribution in [1.29, 1.82) is 0 Å². The smallest absolute Gasteiger partial charge is 0.226 e. The van der Waals surface area contributed by atoms with Crippen molar-refractivity contribution in [1.82, 2.24) is 10.2 Å². The van der Waals surface area contributed by atoms with E-state index in [9.17, 15) is 5.11 Å². The van der Waals surface area contributed by atoms with Gasteiger partial charge in [0.25, 0.3) is 0 Å². The largest absolute Gasteiger partial charge is 0.425 e. The molecule has 0 fully saturated rings. The van der Waals surface area contributed by atoms with E-state index in [-0.39, 0.29) is 0 Å². The second-order valence-corrected chi connectivity index (χ2v) is 4.80. The fourth-order valence-electron chi connectivity index (χ4n) is 1.38. The van der Waals surface area contributed by atoms with Crippen LogP contribution in [0.25, 0.3) is 0 Å². The number of aryl methyl sites for hydroxylation is 1. The number of hydrogen-bond donors (Lipinski definition) is 1. The summed E-state index contributed by atoms with van der Waals surface area (Å²) in [4.78, 5) is 1.12. The van der Waals surface area contributed by atoms with Crippen molar-refractivity contribution in [3.8, 4) is 0 Å². The molecule has 1 aromatic heterocycles. The van der Waals surface area contributed by atoms with Gasteiger partial charge in [-0.15, -0.1) is 22.0 Å². The molecule has 0 aliphatic carbocycles. The highest BCUT2D eigenvalue weighted by molar-refractivity contribution is 7.98. The zero-order valence-electron chi connectivity index (χ0n) is 9.75. The van der Waals surface area contributed by atoms with Gasteiger partial charge in [0, 0.05) is 11.8 Å². The predicted molar refractivity (Wildman–Crippen MR) is 65.7 cm³/mol. The van der Waals surface area contributed by atoms with Gasteiger partial charge >= 0.3 is 0 Å². The molecule has 90 valence electrons. The lowest BCUT2D eigenvalue weighted by molar-refractivity contribution is 0.199. The van der Waals surface area contributed by atoms with Crippen molar-refractivity contribution >= 4 is 11.8 Å². The maximum absolute atomic E-state index is 9.39. The molecule has 1 aromatic carbocycles. The minimum atomic E-state index is -0.423. The van der Waals surface area contributed by atoms with Crippen LogP contribution in [0.1, 0.15) is 30.4 Å². The number of nitrogens with zero attached hydrogens (tertiary/aromatic N) is 2. The first-order chi connectivity index (χ1) is 8.15. The highest BCUT2D eigenvalue weighted by atomic mass is 32.2. The Morgan fingerprint density at radius 1 is 1.29 bits per heavy atom. The van der Waals surface area contributed by atoms with Gasteiger partial charge < -0.3 is 9.52 Å². The van der Waals surface area contributed by atoms with E-state index in [1.807, 2.05) is 24.3 Å². The molecule has 1 atom stereocenters. The fraction of sp³-hybridized carbons (Fsp3) is 0.333. The maximum atomic E-state index is 9.39. The van der Waals surface area contributed by atoms with Crippen molar-refractivity contribution in [3.05, 3.63) is 41.6 Å². The van der Waals surface area contributed by atoms with E-state index in [4.69, 9.17) is 4.42 Å². The van der Waals surface area contributed by atoms with Gasteiger partial charge in [-0.05, 0) is 24.6 Å². The number of hydrogen-bond acceptors (Lipinski definition) is 5.